The topological polar surface area (TPSA) is 53.6 Å². The van der Waals surface area contributed by atoms with Crippen molar-refractivity contribution in [1.29, 1.82) is 0 Å². The molecular formula is C16H27IN4. The number of hydrogen-bond acceptors (Lipinski definition) is 2. The maximum atomic E-state index is 5.90. The van der Waals surface area contributed by atoms with E-state index < -0.39 is 0 Å². The van der Waals surface area contributed by atoms with E-state index in [-0.39, 0.29) is 29.5 Å². The molecule has 4 nitrogen and oxygen atoms in total. The Morgan fingerprint density at radius 1 is 1.38 bits per heavy atom. The van der Waals surface area contributed by atoms with Gasteiger partial charge in [0.2, 0.25) is 0 Å². The third-order valence-electron chi connectivity index (χ3n) is 3.43. The Labute approximate surface area is 145 Å². The summed E-state index contributed by atoms with van der Waals surface area (Å²) in [7, 11) is 2.15. The molecule has 0 fully saturated rings. The van der Waals surface area contributed by atoms with Gasteiger partial charge < -0.3 is 16.0 Å². The van der Waals surface area contributed by atoms with Crippen molar-refractivity contribution in [2.45, 2.75) is 45.7 Å². The Morgan fingerprint density at radius 3 is 2.76 bits per heavy atom. The van der Waals surface area contributed by atoms with E-state index in [1.807, 2.05) is 0 Å². The maximum absolute atomic E-state index is 5.90. The van der Waals surface area contributed by atoms with E-state index in [4.69, 9.17) is 5.73 Å². The molecule has 0 unspecified atom stereocenters. The molecule has 0 saturated carbocycles. The Bertz CT molecular complexity index is 505. The van der Waals surface area contributed by atoms with E-state index in [1.54, 1.807) is 0 Å². The van der Waals surface area contributed by atoms with E-state index in [0.717, 1.165) is 13.0 Å². The van der Waals surface area contributed by atoms with Gasteiger partial charge in [0.05, 0.1) is 6.54 Å². The predicted octanol–water partition coefficient (Wildman–Crippen LogP) is 2.89. The molecule has 1 aromatic rings. The van der Waals surface area contributed by atoms with E-state index in [2.05, 4.69) is 61.2 Å². The quantitative estimate of drug-likeness (QED) is 0.455. The molecule has 1 heterocycles. The van der Waals surface area contributed by atoms with Gasteiger partial charge in [-0.15, -0.1) is 24.0 Å². The lowest BCUT2D eigenvalue weighted by atomic mass is 10.00. The highest BCUT2D eigenvalue weighted by Crippen LogP contribution is 2.26. The Kier molecular flexibility index (Phi) is 6.31. The van der Waals surface area contributed by atoms with Crippen LogP contribution in [0.25, 0.3) is 0 Å². The molecule has 0 spiro atoms. The summed E-state index contributed by atoms with van der Waals surface area (Å²) in [6.45, 7) is 8.00. The smallest absolute Gasteiger partial charge is 0.189 e. The summed E-state index contributed by atoms with van der Waals surface area (Å²) in [5, 5.41) is 3.18. The second kappa shape index (κ2) is 7.33. The number of aliphatic imine (C=N–C) groups is 1. The van der Waals surface area contributed by atoms with Crippen LogP contribution in [-0.2, 0) is 13.0 Å². The van der Waals surface area contributed by atoms with Gasteiger partial charge >= 0.3 is 0 Å². The zero-order chi connectivity index (χ0) is 14.8. The number of rotatable bonds is 2. The highest BCUT2D eigenvalue weighted by molar-refractivity contribution is 14.0. The average Bonchev–Trinajstić information content (AvgIpc) is 2.34. The van der Waals surface area contributed by atoms with Crippen molar-refractivity contribution in [2.24, 2.45) is 10.7 Å². The van der Waals surface area contributed by atoms with Crippen LogP contribution in [0.15, 0.2) is 23.2 Å². The number of fused-ring (bicyclic) bond motifs is 1. The number of nitrogens with two attached hydrogens (primary N) is 1. The maximum Gasteiger partial charge on any atom is 0.189 e. The number of anilines is 1. The van der Waals surface area contributed by atoms with Crippen molar-refractivity contribution in [3.8, 4) is 0 Å². The van der Waals surface area contributed by atoms with Gasteiger partial charge in [0, 0.05) is 24.8 Å². The minimum Gasteiger partial charge on any atom is -0.374 e. The lowest BCUT2D eigenvalue weighted by molar-refractivity contribution is 0.508. The Morgan fingerprint density at radius 2 is 2.10 bits per heavy atom. The van der Waals surface area contributed by atoms with Gasteiger partial charge in [0.1, 0.15) is 0 Å². The number of nitrogens with one attached hydrogen (secondary N) is 1. The molecule has 3 N–H and O–H groups in total. The van der Waals surface area contributed by atoms with Gasteiger partial charge in [-0.05, 0) is 50.8 Å². The number of benzene rings is 1. The fraction of sp³-hybridized carbons (Fsp3) is 0.562. The van der Waals surface area contributed by atoms with Gasteiger partial charge in [-0.2, -0.15) is 0 Å². The first-order valence-corrected chi connectivity index (χ1v) is 7.26. The molecule has 0 radical (unpaired) electrons. The lowest BCUT2D eigenvalue weighted by Crippen LogP contribution is -2.44. The second-order valence-electron chi connectivity index (χ2n) is 6.56. The molecular weight excluding hydrogens is 375 g/mol. The number of guanidine groups is 1. The van der Waals surface area contributed by atoms with E-state index >= 15 is 0 Å². The van der Waals surface area contributed by atoms with Crippen molar-refractivity contribution in [3.63, 3.8) is 0 Å². The molecule has 0 bridgehead atoms. The third kappa shape index (κ3) is 5.37. The Hall–Kier alpha value is -0.980. The molecule has 0 saturated heterocycles. The second-order valence-corrected chi connectivity index (χ2v) is 6.56. The van der Waals surface area contributed by atoms with Gasteiger partial charge in [0.25, 0.3) is 0 Å². The molecule has 1 aliphatic heterocycles. The predicted molar refractivity (Wildman–Crippen MR) is 102 cm³/mol. The molecule has 118 valence electrons. The zero-order valence-corrected chi connectivity index (χ0v) is 15.8. The molecule has 1 aromatic carbocycles. The summed E-state index contributed by atoms with van der Waals surface area (Å²) in [4.78, 5) is 6.74. The zero-order valence-electron chi connectivity index (χ0n) is 13.4. The van der Waals surface area contributed by atoms with Crippen LogP contribution in [0.5, 0.6) is 0 Å². The molecule has 2 rings (SSSR count). The monoisotopic (exact) mass is 402 g/mol. The largest absolute Gasteiger partial charge is 0.374 e. The van der Waals surface area contributed by atoms with Crippen molar-refractivity contribution in [3.05, 3.63) is 29.3 Å². The first kappa shape index (κ1) is 18.1. The van der Waals surface area contributed by atoms with Crippen molar-refractivity contribution >= 4 is 35.6 Å². The number of aryl methyl sites for hydroxylation is 1. The first-order valence-electron chi connectivity index (χ1n) is 7.26. The molecule has 1 aliphatic rings. The molecule has 21 heavy (non-hydrogen) atoms. The normalized spacial score (nSPS) is 15.2. The Balaban J connectivity index is 0.00000220. The molecule has 0 amide bonds. The SMILES string of the molecule is CN1CCCc2cc(CN=C(N)NC(C)(C)C)ccc21.I. The number of hydrogen-bond donors (Lipinski definition) is 2. The van der Waals surface area contributed by atoms with E-state index in [9.17, 15) is 0 Å². The fourth-order valence-electron chi connectivity index (χ4n) is 2.54. The van der Waals surface area contributed by atoms with Gasteiger partial charge in [-0.25, -0.2) is 4.99 Å². The minimum atomic E-state index is -0.0495. The standard InChI is InChI=1S/C16H26N4.HI/c1-16(2,3)19-15(17)18-11-12-7-8-14-13(10-12)6-5-9-20(14)4;/h7-8,10H,5-6,9,11H2,1-4H3,(H3,17,18,19);1H. The number of halogens is 1. The van der Waals surface area contributed by atoms with Crippen molar-refractivity contribution in [2.75, 3.05) is 18.5 Å². The summed E-state index contributed by atoms with van der Waals surface area (Å²) in [6.07, 6.45) is 2.39. The number of nitrogens with zero attached hydrogens (tertiary/aromatic N) is 2. The summed E-state index contributed by atoms with van der Waals surface area (Å²) >= 11 is 0. The summed E-state index contributed by atoms with van der Waals surface area (Å²) in [5.74, 6) is 0.507. The molecule has 0 aromatic heterocycles. The molecule has 5 heteroatoms. The van der Waals surface area contributed by atoms with Crippen molar-refractivity contribution < 1.29 is 0 Å². The molecule has 0 aliphatic carbocycles. The minimum absolute atomic E-state index is 0. The van der Waals surface area contributed by atoms with Gasteiger partial charge in [-0.1, -0.05) is 12.1 Å². The van der Waals surface area contributed by atoms with Gasteiger partial charge in [-0.3, -0.25) is 0 Å². The highest BCUT2D eigenvalue weighted by Gasteiger charge is 2.13. The van der Waals surface area contributed by atoms with Crippen LogP contribution in [0, 0.1) is 0 Å². The van der Waals surface area contributed by atoms with Crippen LogP contribution in [-0.4, -0.2) is 25.1 Å². The third-order valence-corrected chi connectivity index (χ3v) is 3.43. The van der Waals surface area contributed by atoms with Crippen LogP contribution in [0.4, 0.5) is 5.69 Å². The highest BCUT2D eigenvalue weighted by atomic mass is 127. The lowest BCUT2D eigenvalue weighted by Gasteiger charge is -2.27. The summed E-state index contributed by atoms with van der Waals surface area (Å²) in [5.41, 5.74) is 9.85. The van der Waals surface area contributed by atoms with E-state index in [1.165, 1.54) is 23.2 Å². The van der Waals surface area contributed by atoms with Crippen LogP contribution in [0.1, 0.15) is 38.3 Å². The average molecular weight is 402 g/mol. The summed E-state index contributed by atoms with van der Waals surface area (Å²) in [6, 6.07) is 6.61. The van der Waals surface area contributed by atoms with Crippen LogP contribution < -0.4 is 16.0 Å². The van der Waals surface area contributed by atoms with Crippen LogP contribution >= 0.6 is 24.0 Å². The van der Waals surface area contributed by atoms with Gasteiger partial charge in [0.15, 0.2) is 5.96 Å². The fourth-order valence-corrected chi connectivity index (χ4v) is 2.54. The van der Waals surface area contributed by atoms with Crippen LogP contribution in [0.3, 0.4) is 0 Å². The van der Waals surface area contributed by atoms with E-state index in [0.29, 0.717) is 12.5 Å². The summed E-state index contributed by atoms with van der Waals surface area (Å²) < 4.78 is 0. The van der Waals surface area contributed by atoms with Crippen molar-refractivity contribution in [1.82, 2.24) is 5.32 Å². The van der Waals surface area contributed by atoms with Crippen LogP contribution in [0.2, 0.25) is 0 Å². The molecule has 0 atom stereocenters. The first-order chi connectivity index (χ1) is 9.35.